The van der Waals surface area contributed by atoms with Gasteiger partial charge < -0.3 is 4.74 Å². The predicted molar refractivity (Wildman–Crippen MR) is 77.5 cm³/mol. The van der Waals surface area contributed by atoms with Crippen molar-refractivity contribution in [3.63, 3.8) is 0 Å². The van der Waals surface area contributed by atoms with Gasteiger partial charge in [0.2, 0.25) is 0 Å². The molecule has 0 bridgehead atoms. The molecule has 3 aromatic rings. The molecule has 3 heteroatoms. The summed E-state index contributed by atoms with van der Waals surface area (Å²) in [5.41, 5.74) is 1.97. The van der Waals surface area contributed by atoms with E-state index in [0.717, 1.165) is 22.2 Å². The van der Waals surface area contributed by atoms with E-state index in [1.54, 1.807) is 6.07 Å². The molecule has 0 spiro atoms. The fourth-order valence-corrected chi connectivity index (χ4v) is 2.16. The van der Waals surface area contributed by atoms with Gasteiger partial charge in [-0.1, -0.05) is 54.1 Å². The third kappa shape index (κ3) is 2.69. The molecule has 0 saturated heterocycles. The van der Waals surface area contributed by atoms with Crippen LogP contribution in [0.15, 0.2) is 60.7 Å². The third-order valence-electron chi connectivity index (χ3n) is 2.88. The monoisotopic (exact) mass is 269 g/mol. The van der Waals surface area contributed by atoms with Gasteiger partial charge in [0.1, 0.15) is 17.5 Å². The van der Waals surface area contributed by atoms with Gasteiger partial charge in [0.25, 0.3) is 0 Å². The van der Waals surface area contributed by atoms with Crippen molar-refractivity contribution >= 4 is 22.5 Å². The highest BCUT2D eigenvalue weighted by Crippen LogP contribution is 2.27. The number of aromatic nitrogens is 1. The predicted octanol–water partition coefficient (Wildman–Crippen LogP) is 4.47. The van der Waals surface area contributed by atoms with Gasteiger partial charge in [-0.05, 0) is 17.7 Å². The molecule has 0 saturated carbocycles. The van der Waals surface area contributed by atoms with Crippen molar-refractivity contribution in [1.82, 2.24) is 4.98 Å². The Morgan fingerprint density at radius 1 is 0.947 bits per heavy atom. The Balaban J connectivity index is 1.92. The quantitative estimate of drug-likeness (QED) is 0.655. The zero-order chi connectivity index (χ0) is 13.1. The number of pyridine rings is 1. The number of hydrogen-bond acceptors (Lipinski definition) is 2. The molecule has 0 atom stereocenters. The Bertz CT molecular complexity index is 697. The zero-order valence-corrected chi connectivity index (χ0v) is 11.0. The molecule has 94 valence electrons. The van der Waals surface area contributed by atoms with Crippen LogP contribution in [0.2, 0.25) is 5.15 Å². The first-order valence-electron chi connectivity index (χ1n) is 6.05. The van der Waals surface area contributed by atoms with Gasteiger partial charge in [-0.3, -0.25) is 0 Å². The fourth-order valence-electron chi connectivity index (χ4n) is 1.97. The second-order valence-electron chi connectivity index (χ2n) is 4.23. The average molecular weight is 270 g/mol. The molecule has 2 aromatic carbocycles. The van der Waals surface area contributed by atoms with Crippen molar-refractivity contribution in [2.24, 2.45) is 0 Å². The number of para-hydroxylation sites is 1. The van der Waals surface area contributed by atoms with E-state index in [4.69, 9.17) is 16.3 Å². The number of rotatable bonds is 3. The second-order valence-corrected chi connectivity index (χ2v) is 4.62. The van der Waals surface area contributed by atoms with E-state index in [1.807, 2.05) is 54.6 Å². The minimum atomic E-state index is 0.446. The molecule has 2 nitrogen and oxygen atoms in total. The maximum Gasteiger partial charge on any atom is 0.133 e. The normalized spacial score (nSPS) is 10.6. The summed E-state index contributed by atoms with van der Waals surface area (Å²) in [5.74, 6) is 0.763. The van der Waals surface area contributed by atoms with Crippen molar-refractivity contribution in [3.8, 4) is 5.75 Å². The fraction of sp³-hybridized carbons (Fsp3) is 0.0625. The lowest BCUT2D eigenvalue weighted by molar-refractivity contribution is 0.310. The molecular weight excluding hydrogens is 258 g/mol. The molecule has 0 aliphatic rings. The lowest BCUT2D eigenvalue weighted by Gasteiger charge is -2.09. The van der Waals surface area contributed by atoms with E-state index >= 15 is 0 Å². The molecule has 3 rings (SSSR count). The van der Waals surface area contributed by atoms with Gasteiger partial charge in [0.15, 0.2) is 0 Å². The van der Waals surface area contributed by atoms with E-state index in [0.29, 0.717) is 11.8 Å². The van der Waals surface area contributed by atoms with Crippen LogP contribution in [0.3, 0.4) is 0 Å². The lowest BCUT2D eigenvalue weighted by Crippen LogP contribution is -1.96. The van der Waals surface area contributed by atoms with Crippen molar-refractivity contribution in [2.45, 2.75) is 6.61 Å². The Hall–Kier alpha value is -2.06. The summed E-state index contributed by atoms with van der Waals surface area (Å²) in [5, 5.41) is 1.42. The SMILES string of the molecule is Clc1cc(OCc2ccccc2)c2ccccc2n1. The molecule has 0 aliphatic carbocycles. The summed E-state index contributed by atoms with van der Waals surface area (Å²) >= 11 is 6.01. The van der Waals surface area contributed by atoms with E-state index in [2.05, 4.69) is 4.98 Å². The van der Waals surface area contributed by atoms with Crippen LogP contribution in [0.5, 0.6) is 5.75 Å². The first kappa shape index (κ1) is 12.0. The lowest BCUT2D eigenvalue weighted by atomic mass is 10.2. The Morgan fingerprint density at radius 2 is 1.68 bits per heavy atom. The molecule has 19 heavy (non-hydrogen) atoms. The number of benzene rings is 2. The zero-order valence-electron chi connectivity index (χ0n) is 10.2. The van der Waals surface area contributed by atoms with Crippen LogP contribution in [0.25, 0.3) is 10.9 Å². The first-order valence-corrected chi connectivity index (χ1v) is 6.43. The Morgan fingerprint density at radius 3 is 2.53 bits per heavy atom. The summed E-state index contributed by atoms with van der Waals surface area (Å²) in [4.78, 5) is 4.28. The maximum absolute atomic E-state index is 6.01. The number of hydrogen-bond donors (Lipinski definition) is 0. The molecule has 0 N–H and O–H groups in total. The topological polar surface area (TPSA) is 22.1 Å². The van der Waals surface area contributed by atoms with Crippen molar-refractivity contribution in [3.05, 3.63) is 71.4 Å². The number of fused-ring (bicyclic) bond motifs is 1. The number of ether oxygens (including phenoxy) is 1. The van der Waals surface area contributed by atoms with Crippen LogP contribution >= 0.6 is 11.6 Å². The molecule has 0 fully saturated rings. The molecular formula is C16H12ClNO. The highest BCUT2D eigenvalue weighted by Gasteiger charge is 2.05. The molecule has 0 amide bonds. The minimum Gasteiger partial charge on any atom is -0.488 e. The van der Waals surface area contributed by atoms with Crippen LogP contribution in [-0.2, 0) is 6.61 Å². The number of halogens is 1. The van der Waals surface area contributed by atoms with Crippen LogP contribution in [0, 0.1) is 0 Å². The van der Waals surface area contributed by atoms with Crippen molar-refractivity contribution in [2.75, 3.05) is 0 Å². The van der Waals surface area contributed by atoms with E-state index in [9.17, 15) is 0 Å². The Labute approximate surface area is 116 Å². The van der Waals surface area contributed by atoms with E-state index in [-0.39, 0.29) is 0 Å². The van der Waals surface area contributed by atoms with Gasteiger partial charge in [-0.25, -0.2) is 4.98 Å². The second kappa shape index (κ2) is 5.29. The summed E-state index contributed by atoms with van der Waals surface area (Å²) in [6.07, 6.45) is 0. The average Bonchev–Trinajstić information content (AvgIpc) is 2.45. The van der Waals surface area contributed by atoms with Crippen molar-refractivity contribution < 1.29 is 4.74 Å². The highest BCUT2D eigenvalue weighted by molar-refractivity contribution is 6.30. The van der Waals surface area contributed by atoms with Gasteiger partial charge in [0.05, 0.1) is 5.52 Å². The summed E-state index contributed by atoms with van der Waals surface area (Å²) in [6, 6.07) is 19.6. The molecule has 0 aliphatic heterocycles. The summed E-state index contributed by atoms with van der Waals surface area (Å²) < 4.78 is 5.86. The van der Waals surface area contributed by atoms with Gasteiger partial charge >= 0.3 is 0 Å². The minimum absolute atomic E-state index is 0.446. The molecule has 1 heterocycles. The van der Waals surface area contributed by atoms with Crippen LogP contribution < -0.4 is 4.74 Å². The van der Waals surface area contributed by atoms with Gasteiger partial charge in [-0.15, -0.1) is 0 Å². The van der Waals surface area contributed by atoms with Crippen molar-refractivity contribution in [1.29, 1.82) is 0 Å². The van der Waals surface area contributed by atoms with Crippen LogP contribution in [0.4, 0.5) is 0 Å². The number of nitrogens with zero attached hydrogens (tertiary/aromatic N) is 1. The van der Waals surface area contributed by atoms with Crippen LogP contribution in [-0.4, -0.2) is 4.98 Å². The summed E-state index contributed by atoms with van der Waals surface area (Å²) in [7, 11) is 0. The van der Waals surface area contributed by atoms with Crippen LogP contribution in [0.1, 0.15) is 5.56 Å². The van der Waals surface area contributed by atoms with E-state index in [1.165, 1.54) is 0 Å². The molecule has 1 aromatic heterocycles. The maximum atomic E-state index is 6.01. The Kier molecular flexibility index (Phi) is 3.34. The van der Waals surface area contributed by atoms with Gasteiger partial charge in [0, 0.05) is 11.5 Å². The highest BCUT2D eigenvalue weighted by atomic mass is 35.5. The first-order chi connectivity index (χ1) is 9.33. The molecule has 0 unspecified atom stereocenters. The van der Waals surface area contributed by atoms with E-state index < -0.39 is 0 Å². The third-order valence-corrected chi connectivity index (χ3v) is 3.08. The summed E-state index contributed by atoms with van der Waals surface area (Å²) in [6.45, 7) is 0.519. The molecule has 0 radical (unpaired) electrons. The smallest absolute Gasteiger partial charge is 0.133 e. The van der Waals surface area contributed by atoms with Gasteiger partial charge in [-0.2, -0.15) is 0 Å². The largest absolute Gasteiger partial charge is 0.488 e. The standard InChI is InChI=1S/C16H12ClNO/c17-16-10-15(13-8-4-5-9-14(13)18-16)19-11-12-6-2-1-3-7-12/h1-10H,11H2.